The standard InChI is InChI=1S/C11H20N2O2S/c1-11(6-8-16(14,15)9-11)13-10-5-3-2-4-7-12-10/h2-9H2,1H3,(H,12,13). The number of hydrogen-bond donors (Lipinski definition) is 1. The van der Waals surface area contributed by atoms with Crippen LogP contribution in [0.2, 0.25) is 0 Å². The van der Waals surface area contributed by atoms with Crippen molar-refractivity contribution in [2.75, 3.05) is 18.1 Å². The van der Waals surface area contributed by atoms with Crippen molar-refractivity contribution in [3.05, 3.63) is 0 Å². The summed E-state index contributed by atoms with van der Waals surface area (Å²) in [7, 11) is -2.83. The third kappa shape index (κ3) is 2.97. The molecular weight excluding hydrogens is 224 g/mol. The van der Waals surface area contributed by atoms with Crippen LogP contribution in [0.15, 0.2) is 4.99 Å². The van der Waals surface area contributed by atoms with Crippen LogP contribution in [-0.4, -0.2) is 37.8 Å². The molecule has 0 bridgehead atoms. The average Bonchev–Trinajstić information content (AvgIpc) is 2.42. The predicted octanol–water partition coefficient (Wildman–Crippen LogP) is 1.13. The molecular formula is C11H20N2O2S. The highest BCUT2D eigenvalue weighted by Crippen LogP contribution is 2.23. The summed E-state index contributed by atoms with van der Waals surface area (Å²) in [5, 5.41) is 3.36. The lowest BCUT2D eigenvalue weighted by molar-refractivity contribution is 0.467. The van der Waals surface area contributed by atoms with Crippen molar-refractivity contribution in [1.82, 2.24) is 5.32 Å². The van der Waals surface area contributed by atoms with E-state index in [0.717, 1.165) is 31.6 Å². The zero-order valence-electron chi connectivity index (χ0n) is 9.83. The van der Waals surface area contributed by atoms with Crippen molar-refractivity contribution >= 4 is 15.7 Å². The second kappa shape index (κ2) is 4.35. The molecule has 2 rings (SSSR count). The summed E-state index contributed by atoms with van der Waals surface area (Å²) in [6, 6.07) is 0. The van der Waals surface area contributed by atoms with Crippen LogP contribution >= 0.6 is 0 Å². The molecule has 1 atom stereocenters. The van der Waals surface area contributed by atoms with Gasteiger partial charge < -0.3 is 5.32 Å². The molecule has 0 aliphatic carbocycles. The van der Waals surface area contributed by atoms with Crippen LogP contribution in [0, 0.1) is 0 Å². The van der Waals surface area contributed by atoms with Crippen molar-refractivity contribution < 1.29 is 8.42 Å². The molecule has 2 aliphatic rings. The van der Waals surface area contributed by atoms with Gasteiger partial charge in [-0.3, -0.25) is 4.99 Å². The average molecular weight is 244 g/mol. The summed E-state index contributed by atoms with van der Waals surface area (Å²) in [5.41, 5.74) is -0.290. The topological polar surface area (TPSA) is 58.5 Å². The molecule has 4 nitrogen and oxygen atoms in total. The fraction of sp³-hybridized carbons (Fsp3) is 0.909. The van der Waals surface area contributed by atoms with Gasteiger partial charge in [-0.15, -0.1) is 0 Å². The molecule has 0 aromatic carbocycles. The first kappa shape index (κ1) is 11.9. The van der Waals surface area contributed by atoms with Crippen LogP contribution < -0.4 is 5.32 Å². The van der Waals surface area contributed by atoms with Gasteiger partial charge in [-0.05, 0) is 26.2 Å². The summed E-state index contributed by atoms with van der Waals surface area (Å²) in [6.07, 6.45) is 5.21. The SMILES string of the molecule is CC1(NC2=NCCCCC2)CCS(=O)(=O)C1. The summed E-state index contributed by atoms with van der Waals surface area (Å²) < 4.78 is 23.0. The zero-order chi connectivity index (χ0) is 11.6. The molecule has 2 aliphatic heterocycles. The number of nitrogens with zero attached hydrogens (tertiary/aromatic N) is 1. The first-order valence-corrected chi connectivity index (χ1v) is 7.83. The lowest BCUT2D eigenvalue weighted by Crippen LogP contribution is -2.46. The number of sulfone groups is 1. The van der Waals surface area contributed by atoms with Gasteiger partial charge in [0.2, 0.25) is 0 Å². The molecule has 1 saturated heterocycles. The minimum absolute atomic E-state index is 0.249. The molecule has 0 aromatic heterocycles. The number of hydrogen-bond acceptors (Lipinski definition) is 4. The Hall–Kier alpha value is -0.580. The number of rotatable bonds is 1. The molecule has 0 radical (unpaired) electrons. The lowest BCUT2D eigenvalue weighted by Gasteiger charge is -2.26. The second-order valence-electron chi connectivity index (χ2n) is 5.17. The van der Waals surface area contributed by atoms with Gasteiger partial charge in [0.15, 0.2) is 9.84 Å². The van der Waals surface area contributed by atoms with E-state index in [1.165, 1.54) is 6.42 Å². The van der Waals surface area contributed by atoms with Gasteiger partial charge in [-0.1, -0.05) is 6.42 Å². The zero-order valence-corrected chi connectivity index (χ0v) is 10.6. The van der Waals surface area contributed by atoms with Gasteiger partial charge in [0, 0.05) is 13.0 Å². The summed E-state index contributed by atoms with van der Waals surface area (Å²) in [4.78, 5) is 4.49. The summed E-state index contributed by atoms with van der Waals surface area (Å²) >= 11 is 0. The number of aliphatic imine (C=N–C) groups is 1. The number of nitrogens with one attached hydrogen (secondary N) is 1. The first-order valence-electron chi connectivity index (χ1n) is 6.01. The van der Waals surface area contributed by atoms with Crippen molar-refractivity contribution in [1.29, 1.82) is 0 Å². The highest BCUT2D eigenvalue weighted by molar-refractivity contribution is 7.91. The van der Waals surface area contributed by atoms with Crippen molar-refractivity contribution in [2.45, 2.75) is 44.6 Å². The molecule has 0 saturated carbocycles. The van der Waals surface area contributed by atoms with Crippen LogP contribution in [-0.2, 0) is 9.84 Å². The van der Waals surface area contributed by atoms with E-state index in [1.54, 1.807) is 0 Å². The van der Waals surface area contributed by atoms with Gasteiger partial charge in [-0.2, -0.15) is 0 Å². The van der Waals surface area contributed by atoms with Crippen LogP contribution in [0.4, 0.5) is 0 Å². The highest BCUT2D eigenvalue weighted by Gasteiger charge is 2.38. The van der Waals surface area contributed by atoms with Gasteiger partial charge in [0.05, 0.1) is 22.9 Å². The Morgan fingerprint density at radius 2 is 2.12 bits per heavy atom. The van der Waals surface area contributed by atoms with Gasteiger partial charge >= 0.3 is 0 Å². The van der Waals surface area contributed by atoms with Crippen molar-refractivity contribution in [3.8, 4) is 0 Å². The minimum atomic E-state index is -2.83. The first-order chi connectivity index (χ1) is 7.49. The second-order valence-corrected chi connectivity index (χ2v) is 7.35. The third-order valence-electron chi connectivity index (χ3n) is 3.32. The van der Waals surface area contributed by atoms with Crippen LogP contribution in [0.5, 0.6) is 0 Å². The van der Waals surface area contributed by atoms with E-state index in [9.17, 15) is 8.42 Å². The van der Waals surface area contributed by atoms with E-state index in [0.29, 0.717) is 12.2 Å². The predicted molar refractivity (Wildman–Crippen MR) is 65.6 cm³/mol. The van der Waals surface area contributed by atoms with Gasteiger partial charge in [0.25, 0.3) is 0 Å². The molecule has 1 N–H and O–H groups in total. The van der Waals surface area contributed by atoms with E-state index >= 15 is 0 Å². The van der Waals surface area contributed by atoms with Crippen molar-refractivity contribution in [2.24, 2.45) is 4.99 Å². The Kier molecular flexibility index (Phi) is 3.24. The van der Waals surface area contributed by atoms with Gasteiger partial charge in [0.1, 0.15) is 0 Å². The molecule has 0 aromatic rings. The quantitative estimate of drug-likeness (QED) is 0.752. The van der Waals surface area contributed by atoms with Crippen LogP contribution in [0.25, 0.3) is 0 Å². The van der Waals surface area contributed by atoms with Crippen LogP contribution in [0.1, 0.15) is 39.0 Å². The highest BCUT2D eigenvalue weighted by atomic mass is 32.2. The maximum absolute atomic E-state index is 11.5. The van der Waals surface area contributed by atoms with Crippen molar-refractivity contribution in [3.63, 3.8) is 0 Å². The van der Waals surface area contributed by atoms with Gasteiger partial charge in [-0.25, -0.2) is 8.42 Å². The van der Waals surface area contributed by atoms with E-state index in [2.05, 4.69) is 10.3 Å². The Morgan fingerprint density at radius 1 is 1.31 bits per heavy atom. The molecule has 0 amide bonds. The molecule has 5 heteroatoms. The lowest BCUT2D eigenvalue weighted by atomic mass is 10.0. The molecule has 92 valence electrons. The minimum Gasteiger partial charge on any atom is -0.368 e. The molecule has 16 heavy (non-hydrogen) atoms. The fourth-order valence-electron chi connectivity index (χ4n) is 2.43. The molecule has 1 fully saturated rings. The molecule has 2 heterocycles. The number of amidine groups is 1. The molecule has 1 unspecified atom stereocenters. The normalized spacial score (nSPS) is 34.2. The Morgan fingerprint density at radius 3 is 2.81 bits per heavy atom. The van der Waals surface area contributed by atoms with E-state index < -0.39 is 9.84 Å². The van der Waals surface area contributed by atoms with E-state index in [1.807, 2.05) is 6.92 Å². The van der Waals surface area contributed by atoms with E-state index in [4.69, 9.17) is 0 Å². The maximum atomic E-state index is 11.5. The summed E-state index contributed by atoms with van der Waals surface area (Å²) in [5.74, 6) is 1.57. The molecule has 0 spiro atoms. The third-order valence-corrected chi connectivity index (χ3v) is 5.23. The Labute approximate surface area is 97.4 Å². The summed E-state index contributed by atoms with van der Waals surface area (Å²) in [6.45, 7) is 2.87. The maximum Gasteiger partial charge on any atom is 0.152 e. The monoisotopic (exact) mass is 244 g/mol. The van der Waals surface area contributed by atoms with Crippen LogP contribution in [0.3, 0.4) is 0 Å². The smallest absolute Gasteiger partial charge is 0.152 e. The van der Waals surface area contributed by atoms with E-state index in [-0.39, 0.29) is 11.3 Å². The Balaban J connectivity index is 2.01. The fourth-order valence-corrected chi connectivity index (χ4v) is 4.53. The Bertz CT molecular complexity index is 389. The largest absolute Gasteiger partial charge is 0.368 e.